The van der Waals surface area contributed by atoms with E-state index in [1.54, 1.807) is 36.4 Å². The number of carbonyl (C=O) groups is 2. The van der Waals surface area contributed by atoms with Crippen LogP contribution in [0.3, 0.4) is 0 Å². The number of aryl methyl sites for hydroxylation is 1. The highest BCUT2D eigenvalue weighted by Crippen LogP contribution is 2.20. The third kappa shape index (κ3) is 7.94. The number of hydrogen-bond donors (Lipinski definition) is 3. The van der Waals surface area contributed by atoms with Gasteiger partial charge in [-0.25, -0.2) is 0 Å². The first-order chi connectivity index (χ1) is 16.0. The van der Waals surface area contributed by atoms with E-state index < -0.39 is 12.1 Å². The molecular weight excluding hydrogens is 418 g/mol. The van der Waals surface area contributed by atoms with Gasteiger partial charge in [0, 0.05) is 24.1 Å². The molecule has 0 radical (unpaired) electrons. The number of nitrogens with one attached hydrogen (secondary N) is 1. The normalized spacial score (nSPS) is 11.8. The summed E-state index contributed by atoms with van der Waals surface area (Å²) in [6, 6.07) is 23.7. The summed E-state index contributed by atoms with van der Waals surface area (Å²) in [4.78, 5) is 23.3. The Kier molecular flexibility index (Phi) is 8.79. The molecule has 0 spiro atoms. The number of anilines is 1. The molecule has 0 bridgehead atoms. The van der Waals surface area contributed by atoms with E-state index in [0.717, 1.165) is 16.8 Å². The summed E-state index contributed by atoms with van der Waals surface area (Å²) in [6.45, 7) is 0.287. The van der Waals surface area contributed by atoms with Gasteiger partial charge in [-0.1, -0.05) is 60.7 Å². The average Bonchev–Trinajstić information content (AvgIpc) is 2.83. The van der Waals surface area contributed by atoms with Crippen molar-refractivity contribution in [2.24, 2.45) is 0 Å². The van der Waals surface area contributed by atoms with Crippen LogP contribution in [-0.2, 0) is 11.2 Å². The Hall–Kier alpha value is -3.90. The number of aliphatic hydroxyl groups excluding tert-OH is 1. The predicted molar refractivity (Wildman–Crippen MR) is 128 cm³/mol. The third-order valence-electron chi connectivity index (χ3n) is 4.94. The molecule has 0 aliphatic heterocycles. The molecule has 0 saturated carbocycles. The van der Waals surface area contributed by atoms with E-state index in [0.29, 0.717) is 24.2 Å². The minimum absolute atomic E-state index is 0.0359. The first-order valence-electron chi connectivity index (χ1n) is 10.8. The van der Waals surface area contributed by atoms with Crippen molar-refractivity contribution in [1.82, 2.24) is 0 Å². The number of aliphatic hydroxyl groups is 1. The Balaban J connectivity index is 1.51. The van der Waals surface area contributed by atoms with Gasteiger partial charge in [-0.05, 0) is 47.9 Å². The van der Waals surface area contributed by atoms with E-state index in [2.05, 4.69) is 5.32 Å². The first kappa shape index (κ1) is 23.8. The summed E-state index contributed by atoms with van der Waals surface area (Å²) in [5.74, 6) is -0.425. The van der Waals surface area contributed by atoms with Crippen molar-refractivity contribution in [3.63, 3.8) is 0 Å². The Morgan fingerprint density at radius 1 is 0.970 bits per heavy atom. The fourth-order valence-electron chi connectivity index (χ4n) is 3.21. The minimum Gasteiger partial charge on any atom is -0.493 e. The van der Waals surface area contributed by atoms with Crippen LogP contribution in [0.2, 0.25) is 0 Å². The number of aliphatic carboxylic acids is 1. The van der Waals surface area contributed by atoms with E-state index in [9.17, 15) is 14.7 Å². The summed E-state index contributed by atoms with van der Waals surface area (Å²) in [5.41, 5.74) is 2.88. The number of amides is 1. The number of ether oxygens (including phenoxy) is 1. The van der Waals surface area contributed by atoms with Crippen molar-refractivity contribution in [2.75, 3.05) is 11.9 Å². The second-order valence-corrected chi connectivity index (χ2v) is 7.51. The molecule has 6 nitrogen and oxygen atoms in total. The predicted octanol–water partition coefficient (Wildman–Crippen LogP) is 4.80. The van der Waals surface area contributed by atoms with Crippen LogP contribution < -0.4 is 10.1 Å². The van der Waals surface area contributed by atoms with E-state index in [1.165, 1.54) is 0 Å². The topological polar surface area (TPSA) is 95.9 Å². The lowest BCUT2D eigenvalue weighted by Gasteiger charge is -2.12. The number of benzene rings is 3. The fraction of sp³-hybridized carbons (Fsp3) is 0.185. The van der Waals surface area contributed by atoms with Crippen molar-refractivity contribution >= 4 is 23.6 Å². The van der Waals surface area contributed by atoms with Crippen molar-refractivity contribution in [1.29, 1.82) is 0 Å². The summed E-state index contributed by atoms with van der Waals surface area (Å²) >= 11 is 0. The number of hydrogen-bond acceptors (Lipinski definition) is 4. The maximum absolute atomic E-state index is 12.5. The standard InChI is InChI=1S/C27H27NO5/c29-24(17-18-33-25-12-5-4-8-21(25)14-16-26(30)31)15-13-20-7-6-9-22(19-20)27(32)28-23-10-2-1-3-11-23/h1-13,15,19,24,29H,14,16-18H2,(H,28,32)(H,30,31)/b15-13+/t24-/m0/s1. The Bertz CT molecular complexity index is 1090. The molecular formula is C27H27NO5. The maximum Gasteiger partial charge on any atom is 0.303 e. The number of para-hydroxylation sites is 2. The van der Waals surface area contributed by atoms with Gasteiger partial charge in [0.05, 0.1) is 12.7 Å². The van der Waals surface area contributed by atoms with Gasteiger partial charge in [0.2, 0.25) is 0 Å². The van der Waals surface area contributed by atoms with Gasteiger partial charge < -0.3 is 20.3 Å². The second-order valence-electron chi connectivity index (χ2n) is 7.51. The summed E-state index contributed by atoms with van der Waals surface area (Å²) in [5, 5.41) is 22.0. The maximum atomic E-state index is 12.5. The van der Waals surface area contributed by atoms with Crippen LogP contribution in [0.5, 0.6) is 5.75 Å². The first-order valence-corrected chi connectivity index (χ1v) is 10.8. The minimum atomic E-state index is -0.855. The molecule has 33 heavy (non-hydrogen) atoms. The van der Waals surface area contributed by atoms with Gasteiger partial charge in [0.1, 0.15) is 5.75 Å². The van der Waals surface area contributed by atoms with Gasteiger partial charge in [0.15, 0.2) is 0 Å². The van der Waals surface area contributed by atoms with Crippen LogP contribution in [0.25, 0.3) is 6.08 Å². The van der Waals surface area contributed by atoms with E-state index in [1.807, 2.05) is 54.6 Å². The molecule has 170 valence electrons. The van der Waals surface area contributed by atoms with Crippen LogP contribution in [0.4, 0.5) is 5.69 Å². The lowest BCUT2D eigenvalue weighted by Crippen LogP contribution is -2.12. The second kappa shape index (κ2) is 12.2. The van der Waals surface area contributed by atoms with Crippen LogP contribution in [-0.4, -0.2) is 34.8 Å². The zero-order valence-corrected chi connectivity index (χ0v) is 18.2. The molecule has 1 atom stereocenters. The average molecular weight is 446 g/mol. The van der Waals surface area contributed by atoms with Crippen molar-refractivity contribution in [3.8, 4) is 5.75 Å². The molecule has 0 aliphatic rings. The molecule has 6 heteroatoms. The van der Waals surface area contributed by atoms with E-state index in [-0.39, 0.29) is 18.9 Å². The molecule has 0 heterocycles. The number of carboxylic acid groups (broad SMARTS) is 1. The zero-order chi connectivity index (χ0) is 23.5. The third-order valence-corrected chi connectivity index (χ3v) is 4.94. The van der Waals surface area contributed by atoms with Crippen LogP contribution in [0.15, 0.2) is 84.9 Å². The molecule has 3 rings (SSSR count). The number of carboxylic acids is 1. The smallest absolute Gasteiger partial charge is 0.303 e. The van der Waals surface area contributed by atoms with Gasteiger partial charge in [-0.3, -0.25) is 9.59 Å². The molecule has 0 aliphatic carbocycles. The monoisotopic (exact) mass is 445 g/mol. The summed E-state index contributed by atoms with van der Waals surface area (Å²) in [6.07, 6.45) is 3.51. The molecule has 1 amide bonds. The van der Waals surface area contributed by atoms with Gasteiger partial charge in [0.25, 0.3) is 5.91 Å². The largest absolute Gasteiger partial charge is 0.493 e. The molecule has 0 aromatic heterocycles. The quantitative estimate of drug-likeness (QED) is 0.394. The van der Waals surface area contributed by atoms with Crippen molar-refractivity contribution < 1.29 is 24.5 Å². The molecule has 3 aromatic rings. The molecule has 0 unspecified atom stereocenters. The number of rotatable bonds is 11. The summed E-state index contributed by atoms with van der Waals surface area (Å²) < 4.78 is 5.76. The fourth-order valence-corrected chi connectivity index (χ4v) is 3.21. The Morgan fingerprint density at radius 3 is 2.52 bits per heavy atom. The van der Waals surface area contributed by atoms with E-state index >= 15 is 0 Å². The molecule has 0 saturated heterocycles. The van der Waals surface area contributed by atoms with Gasteiger partial charge in [-0.15, -0.1) is 0 Å². The number of carbonyl (C=O) groups excluding carboxylic acids is 1. The lowest BCUT2D eigenvalue weighted by molar-refractivity contribution is -0.136. The highest BCUT2D eigenvalue weighted by Gasteiger charge is 2.08. The molecule has 3 aromatic carbocycles. The van der Waals surface area contributed by atoms with Gasteiger partial charge in [-0.2, -0.15) is 0 Å². The zero-order valence-electron chi connectivity index (χ0n) is 18.2. The summed E-state index contributed by atoms with van der Waals surface area (Å²) in [7, 11) is 0. The van der Waals surface area contributed by atoms with E-state index in [4.69, 9.17) is 9.84 Å². The SMILES string of the molecule is O=C(O)CCc1ccccc1OCC[C@@H](O)/C=C/c1cccc(C(=O)Nc2ccccc2)c1. The van der Waals surface area contributed by atoms with Crippen LogP contribution in [0, 0.1) is 0 Å². The van der Waals surface area contributed by atoms with Crippen LogP contribution in [0.1, 0.15) is 34.3 Å². The lowest BCUT2D eigenvalue weighted by atomic mass is 10.1. The van der Waals surface area contributed by atoms with Gasteiger partial charge >= 0.3 is 5.97 Å². The Morgan fingerprint density at radius 2 is 1.73 bits per heavy atom. The van der Waals surface area contributed by atoms with Crippen LogP contribution >= 0.6 is 0 Å². The van der Waals surface area contributed by atoms with Crippen molar-refractivity contribution in [2.45, 2.75) is 25.4 Å². The molecule has 3 N–H and O–H groups in total. The Labute approximate surface area is 193 Å². The van der Waals surface area contributed by atoms with Crippen molar-refractivity contribution in [3.05, 3.63) is 102 Å². The highest BCUT2D eigenvalue weighted by molar-refractivity contribution is 6.04. The molecule has 0 fully saturated rings. The highest BCUT2D eigenvalue weighted by atomic mass is 16.5.